The minimum Gasteiger partial charge on any atom is -0.495 e. The van der Waals surface area contributed by atoms with Crippen LogP contribution >= 0.6 is 11.6 Å². The van der Waals surface area contributed by atoms with Crippen LogP contribution in [0.15, 0.2) is 35.4 Å². The first-order valence-corrected chi connectivity index (χ1v) is 9.67. The molecule has 2 aromatic heterocycles. The number of aryl methyl sites for hydroxylation is 3. The Bertz CT molecular complexity index is 1100. The molecule has 1 aromatic carbocycles. The summed E-state index contributed by atoms with van der Waals surface area (Å²) in [6, 6.07) is 5.02. The summed E-state index contributed by atoms with van der Waals surface area (Å²) < 4.78 is 8.48. The number of halogens is 1. The van der Waals surface area contributed by atoms with Crippen LogP contribution in [0.3, 0.4) is 0 Å². The van der Waals surface area contributed by atoms with E-state index in [1.54, 1.807) is 39.7 Å². The third kappa shape index (κ3) is 3.49. The minimum atomic E-state index is -0.220. The number of aromatic nitrogens is 3. The molecule has 0 unspecified atom stereocenters. The van der Waals surface area contributed by atoms with E-state index in [1.165, 1.54) is 7.11 Å². The number of benzene rings is 1. The number of hydrogen-bond acceptors (Lipinski definition) is 4. The van der Waals surface area contributed by atoms with Crippen LogP contribution in [0.4, 0.5) is 5.69 Å². The lowest BCUT2D eigenvalue weighted by molar-refractivity contribution is -0.116. The summed E-state index contributed by atoms with van der Waals surface area (Å²) in [6.07, 6.45) is 7.61. The van der Waals surface area contributed by atoms with Gasteiger partial charge >= 0.3 is 0 Å². The number of fused-ring (bicyclic) bond motifs is 3. The first-order valence-electron chi connectivity index (χ1n) is 9.30. The lowest BCUT2D eigenvalue weighted by Crippen LogP contribution is -2.25. The second-order valence-corrected chi connectivity index (χ2v) is 7.30. The predicted molar refractivity (Wildman–Crippen MR) is 107 cm³/mol. The van der Waals surface area contributed by atoms with Gasteiger partial charge in [-0.15, -0.1) is 0 Å². The zero-order valence-corrected chi connectivity index (χ0v) is 16.3. The second kappa shape index (κ2) is 7.67. The first-order chi connectivity index (χ1) is 13.6. The zero-order valence-electron chi connectivity index (χ0n) is 15.6. The number of rotatable bonds is 5. The molecule has 0 aliphatic heterocycles. The van der Waals surface area contributed by atoms with Crippen molar-refractivity contribution in [1.29, 1.82) is 0 Å². The van der Waals surface area contributed by atoms with E-state index in [9.17, 15) is 9.59 Å². The molecule has 0 fully saturated rings. The molecule has 4 rings (SSSR count). The Morgan fingerprint density at radius 3 is 2.93 bits per heavy atom. The number of nitrogens with one attached hydrogen (secondary N) is 1. The highest BCUT2D eigenvalue weighted by Crippen LogP contribution is 2.27. The van der Waals surface area contributed by atoms with Gasteiger partial charge in [0.15, 0.2) is 0 Å². The lowest BCUT2D eigenvalue weighted by atomic mass is 9.97. The monoisotopic (exact) mass is 400 g/mol. The molecule has 1 aliphatic rings. The van der Waals surface area contributed by atoms with E-state index in [2.05, 4.69) is 10.4 Å². The van der Waals surface area contributed by atoms with E-state index in [0.29, 0.717) is 22.0 Å². The first kappa shape index (κ1) is 18.6. The standard InChI is InChI=1S/C20H21ClN4O3/c1-28-17-7-6-13(21)12-16(17)22-18(26)8-9-24-10-11-25-19(20(24)27)14-4-2-3-5-15(14)23-25/h6-7,10-12H,2-5,8-9H2,1H3,(H,22,26). The summed E-state index contributed by atoms with van der Waals surface area (Å²) in [7, 11) is 1.53. The van der Waals surface area contributed by atoms with Crippen molar-refractivity contribution in [2.45, 2.75) is 38.6 Å². The fourth-order valence-electron chi connectivity index (χ4n) is 3.64. The molecule has 0 saturated heterocycles. The maximum absolute atomic E-state index is 12.9. The fraction of sp³-hybridized carbons (Fsp3) is 0.350. The van der Waals surface area contributed by atoms with Gasteiger partial charge in [0.25, 0.3) is 5.56 Å². The molecule has 1 amide bonds. The smallest absolute Gasteiger partial charge is 0.276 e. The molecule has 0 atom stereocenters. The molecule has 0 spiro atoms. The number of methoxy groups -OCH3 is 1. The van der Waals surface area contributed by atoms with Crippen LogP contribution in [0.5, 0.6) is 5.75 Å². The van der Waals surface area contributed by atoms with E-state index in [4.69, 9.17) is 16.3 Å². The molecular formula is C20H21ClN4O3. The van der Waals surface area contributed by atoms with Crippen LogP contribution in [-0.2, 0) is 24.2 Å². The molecule has 7 nitrogen and oxygen atoms in total. The topological polar surface area (TPSA) is 77.6 Å². The molecule has 2 heterocycles. The van der Waals surface area contributed by atoms with Crippen LogP contribution in [0.2, 0.25) is 5.02 Å². The second-order valence-electron chi connectivity index (χ2n) is 6.87. The molecule has 8 heteroatoms. The van der Waals surface area contributed by atoms with Gasteiger partial charge in [-0.2, -0.15) is 5.10 Å². The SMILES string of the molecule is COc1ccc(Cl)cc1NC(=O)CCn1ccn2nc3c(c2c1=O)CCCC3. The van der Waals surface area contributed by atoms with Crippen molar-refractivity contribution in [2.75, 3.05) is 12.4 Å². The molecule has 0 bridgehead atoms. The van der Waals surface area contributed by atoms with Gasteiger partial charge in [-0.3, -0.25) is 9.59 Å². The zero-order chi connectivity index (χ0) is 19.7. The van der Waals surface area contributed by atoms with Crippen molar-refractivity contribution in [1.82, 2.24) is 14.2 Å². The van der Waals surface area contributed by atoms with Crippen LogP contribution in [0.25, 0.3) is 5.52 Å². The Morgan fingerprint density at radius 2 is 2.11 bits per heavy atom. The van der Waals surface area contributed by atoms with Gasteiger partial charge in [0.1, 0.15) is 11.3 Å². The molecule has 28 heavy (non-hydrogen) atoms. The van der Waals surface area contributed by atoms with E-state index in [1.807, 2.05) is 0 Å². The van der Waals surface area contributed by atoms with Gasteiger partial charge in [-0.05, 0) is 43.9 Å². The minimum absolute atomic E-state index is 0.105. The molecule has 0 saturated carbocycles. The van der Waals surface area contributed by atoms with Gasteiger partial charge in [0, 0.05) is 35.9 Å². The van der Waals surface area contributed by atoms with Gasteiger partial charge < -0.3 is 14.6 Å². The van der Waals surface area contributed by atoms with Crippen molar-refractivity contribution in [2.24, 2.45) is 0 Å². The average Bonchev–Trinajstić information content (AvgIpc) is 3.07. The molecule has 1 aliphatic carbocycles. The number of anilines is 1. The van der Waals surface area contributed by atoms with Crippen molar-refractivity contribution < 1.29 is 9.53 Å². The summed E-state index contributed by atoms with van der Waals surface area (Å²) >= 11 is 5.99. The molecule has 1 N–H and O–H groups in total. The fourth-order valence-corrected chi connectivity index (χ4v) is 3.82. The Hall–Kier alpha value is -2.80. The Morgan fingerprint density at radius 1 is 1.29 bits per heavy atom. The number of nitrogens with zero attached hydrogens (tertiary/aromatic N) is 3. The van der Waals surface area contributed by atoms with Gasteiger partial charge in [0.05, 0.1) is 18.5 Å². The summed E-state index contributed by atoms with van der Waals surface area (Å²) in [4.78, 5) is 25.3. The van der Waals surface area contributed by atoms with E-state index >= 15 is 0 Å². The molecular weight excluding hydrogens is 380 g/mol. The highest BCUT2D eigenvalue weighted by atomic mass is 35.5. The Kier molecular flexibility index (Phi) is 5.09. The molecule has 0 radical (unpaired) electrons. The largest absolute Gasteiger partial charge is 0.495 e. The molecule has 146 valence electrons. The lowest BCUT2D eigenvalue weighted by Gasteiger charge is -2.11. The predicted octanol–water partition coefficient (Wildman–Crippen LogP) is 3.07. The number of carbonyl (C=O) groups is 1. The van der Waals surface area contributed by atoms with Crippen LogP contribution in [-0.4, -0.2) is 27.2 Å². The van der Waals surface area contributed by atoms with E-state index in [-0.39, 0.29) is 24.4 Å². The van der Waals surface area contributed by atoms with Crippen molar-refractivity contribution in [3.63, 3.8) is 0 Å². The highest BCUT2D eigenvalue weighted by molar-refractivity contribution is 6.31. The van der Waals surface area contributed by atoms with Crippen LogP contribution in [0.1, 0.15) is 30.5 Å². The van der Waals surface area contributed by atoms with Gasteiger partial charge in [-0.25, -0.2) is 4.52 Å². The van der Waals surface area contributed by atoms with Crippen LogP contribution in [0, 0.1) is 0 Å². The summed E-state index contributed by atoms with van der Waals surface area (Å²) in [5.74, 6) is 0.310. The third-order valence-electron chi connectivity index (χ3n) is 5.05. The summed E-state index contributed by atoms with van der Waals surface area (Å²) in [5, 5.41) is 7.83. The van der Waals surface area contributed by atoms with Gasteiger partial charge in [-0.1, -0.05) is 11.6 Å². The Balaban J connectivity index is 1.51. The highest BCUT2D eigenvalue weighted by Gasteiger charge is 2.19. The number of carbonyl (C=O) groups excluding carboxylic acids is 1. The van der Waals surface area contributed by atoms with Crippen molar-refractivity contribution in [3.05, 3.63) is 57.2 Å². The van der Waals surface area contributed by atoms with Crippen molar-refractivity contribution >= 4 is 28.7 Å². The Labute approximate surface area is 166 Å². The molecule has 3 aromatic rings. The summed E-state index contributed by atoms with van der Waals surface area (Å²) in [5.41, 5.74) is 3.11. The summed E-state index contributed by atoms with van der Waals surface area (Å²) in [6.45, 7) is 0.282. The quantitative estimate of drug-likeness (QED) is 0.714. The normalized spacial score (nSPS) is 13.4. The van der Waals surface area contributed by atoms with E-state index < -0.39 is 0 Å². The third-order valence-corrected chi connectivity index (χ3v) is 5.28. The van der Waals surface area contributed by atoms with Gasteiger partial charge in [0.2, 0.25) is 5.91 Å². The maximum Gasteiger partial charge on any atom is 0.276 e. The number of ether oxygens (including phenoxy) is 1. The maximum atomic E-state index is 12.9. The average molecular weight is 401 g/mol. The van der Waals surface area contributed by atoms with Crippen LogP contribution < -0.4 is 15.6 Å². The van der Waals surface area contributed by atoms with Crippen molar-refractivity contribution in [3.8, 4) is 5.75 Å². The number of hydrogen-bond donors (Lipinski definition) is 1. The number of amides is 1. The van der Waals surface area contributed by atoms with E-state index in [0.717, 1.165) is 36.9 Å².